The molecule has 0 heterocycles. The Kier molecular flexibility index (Phi) is 42.5. The summed E-state index contributed by atoms with van der Waals surface area (Å²) in [4.78, 5) is 16.6. The van der Waals surface area contributed by atoms with Crippen molar-refractivity contribution in [1.82, 2.24) is 9.80 Å². The van der Waals surface area contributed by atoms with Crippen molar-refractivity contribution in [2.24, 2.45) is 9.98 Å². The van der Waals surface area contributed by atoms with Crippen molar-refractivity contribution in [2.45, 2.75) is 338 Å². The molecule has 4 radical (unpaired) electrons. The van der Waals surface area contributed by atoms with Crippen molar-refractivity contribution in [3.63, 3.8) is 0 Å². The van der Waals surface area contributed by atoms with Crippen molar-refractivity contribution in [2.75, 3.05) is 0 Å². The SMILES string of the molecule is CC(C)c1cccc(C(C)C)c1N=C([N-]c1c(C(C)C)cccc1C(C)(C)[O-])N(C1CCCCC1)C1CCCCC1.CC(C)c1cccc(C(C)C)c1N=C([N-]c1c(C(C)C)cccc1C(C)(C)[O-])N(C1CCCCC1)C1CCCCC1.Cc1ccccc1.Cc1ccccc1.Cc1ccccc1.Cc1ccccc1.[Pb+2].[Pb+2]. The summed E-state index contributed by atoms with van der Waals surface area (Å²) in [5.41, 5.74) is 15.5. The third kappa shape index (κ3) is 30.6. The Balaban J connectivity index is 0.000000291. The van der Waals surface area contributed by atoms with Gasteiger partial charge in [-0.1, -0.05) is 415 Å². The molecule has 8 nitrogen and oxygen atoms in total. The van der Waals surface area contributed by atoms with Gasteiger partial charge in [0.05, 0.1) is 0 Å². The fraction of sp³-hybridized carbons (Fsp3) is 0.510. The van der Waals surface area contributed by atoms with Crippen molar-refractivity contribution >= 4 is 89.3 Å². The van der Waals surface area contributed by atoms with E-state index in [0.29, 0.717) is 47.8 Å². The van der Waals surface area contributed by atoms with E-state index in [9.17, 15) is 10.2 Å². The first-order valence-corrected chi connectivity index (χ1v) is 42.7. The molecule has 4 aliphatic carbocycles. The normalized spacial score (nSPS) is 15.4. The van der Waals surface area contributed by atoms with Crippen LogP contribution in [-0.2, 0) is 11.2 Å². The summed E-state index contributed by atoms with van der Waals surface area (Å²) in [6, 6.07) is 68.5. The van der Waals surface area contributed by atoms with Crippen molar-refractivity contribution < 1.29 is 10.2 Å². The third-order valence-electron chi connectivity index (χ3n) is 22.3. The minimum Gasteiger partial charge on any atom is -0.846 e. The predicted molar refractivity (Wildman–Crippen MR) is 484 cm³/mol. The van der Waals surface area contributed by atoms with Gasteiger partial charge in [-0.05, 0) is 206 Å². The van der Waals surface area contributed by atoms with Crippen LogP contribution >= 0.6 is 0 Å². The number of aryl methyl sites for hydroxylation is 4. The average Bonchev–Trinajstić information content (AvgIpc) is 0.779. The first-order valence-electron chi connectivity index (χ1n) is 42.7. The van der Waals surface area contributed by atoms with Gasteiger partial charge in [0.1, 0.15) is 0 Å². The molecule has 0 aliphatic heterocycles. The second-order valence-electron chi connectivity index (χ2n) is 34.7. The fourth-order valence-electron chi connectivity index (χ4n) is 16.1. The molecule has 0 atom stereocenters. The second kappa shape index (κ2) is 49.2. The maximum absolute atomic E-state index is 13.6. The Bertz CT molecular complexity index is 3560. The van der Waals surface area contributed by atoms with Crippen molar-refractivity contribution in [3.8, 4) is 0 Å². The van der Waals surface area contributed by atoms with Gasteiger partial charge in [-0.3, -0.25) is 0 Å². The number of nitrogens with zero attached hydrogens (tertiary/aromatic N) is 6. The van der Waals surface area contributed by atoms with E-state index in [-0.39, 0.29) is 66.4 Å². The minimum atomic E-state index is -1.26. The molecule has 8 aromatic carbocycles. The molecule has 112 heavy (non-hydrogen) atoms. The molecule has 4 saturated carbocycles. The molecule has 600 valence electrons. The zero-order valence-electron chi connectivity index (χ0n) is 72.9. The number of guanidine groups is 2. The van der Waals surface area contributed by atoms with Crippen LogP contribution in [0.15, 0.2) is 204 Å². The molecule has 0 saturated heterocycles. The number of aliphatic imine (C=N–C) groups is 2. The van der Waals surface area contributed by atoms with E-state index in [0.717, 1.165) is 56.9 Å². The Morgan fingerprint density at radius 1 is 0.295 bits per heavy atom. The number of hydrogen-bond donors (Lipinski definition) is 0. The van der Waals surface area contributed by atoms with Gasteiger partial charge < -0.3 is 40.6 Å². The summed E-state index contributed by atoms with van der Waals surface area (Å²) >= 11 is 0. The van der Waals surface area contributed by atoms with Gasteiger partial charge in [-0.2, -0.15) is 0 Å². The number of para-hydroxylation sites is 4. The quantitative estimate of drug-likeness (QED) is 0.0546. The maximum atomic E-state index is 13.6. The van der Waals surface area contributed by atoms with Crippen LogP contribution < -0.4 is 10.2 Å². The van der Waals surface area contributed by atoms with Gasteiger partial charge >= 0.3 is 54.6 Å². The Labute approximate surface area is 722 Å². The van der Waals surface area contributed by atoms with E-state index in [1.165, 1.54) is 173 Å². The van der Waals surface area contributed by atoms with Crippen LogP contribution in [0.2, 0.25) is 0 Å². The van der Waals surface area contributed by atoms with Crippen LogP contribution in [0.25, 0.3) is 10.6 Å². The first kappa shape index (κ1) is 96.6. The van der Waals surface area contributed by atoms with Crippen LogP contribution in [0.4, 0.5) is 22.7 Å². The Morgan fingerprint density at radius 2 is 0.491 bits per heavy atom. The van der Waals surface area contributed by atoms with Crippen molar-refractivity contribution in [1.29, 1.82) is 0 Å². The molecule has 0 unspecified atom stereocenters. The number of benzene rings is 8. The second-order valence-corrected chi connectivity index (χ2v) is 34.7. The van der Waals surface area contributed by atoms with Crippen LogP contribution in [0.5, 0.6) is 0 Å². The predicted octanol–water partition coefficient (Wildman–Crippen LogP) is 27.8. The van der Waals surface area contributed by atoms with Crippen LogP contribution in [0.3, 0.4) is 0 Å². The largest absolute Gasteiger partial charge is 2.00 e. The minimum absolute atomic E-state index is 0. The van der Waals surface area contributed by atoms with Gasteiger partial charge in [0.15, 0.2) is 0 Å². The summed E-state index contributed by atoms with van der Waals surface area (Å²) < 4.78 is 0. The molecule has 4 aliphatic rings. The van der Waals surface area contributed by atoms with E-state index in [1.54, 1.807) is 27.7 Å². The van der Waals surface area contributed by atoms with E-state index < -0.39 is 11.2 Å². The molecular formula is C102H142N6O2Pb2. The molecular weight excluding hydrogens is 1760 g/mol. The van der Waals surface area contributed by atoms with Gasteiger partial charge in [-0.15, -0.1) is 0 Å². The molecule has 12 rings (SSSR count). The topological polar surface area (TPSA) is 106 Å². The molecule has 10 heteroatoms. The van der Waals surface area contributed by atoms with Gasteiger partial charge in [-0.25, -0.2) is 0 Å². The summed E-state index contributed by atoms with van der Waals surface area (Å²) in [6.45, 7) is 42.4. The van der Waals surface area contributed by atoms with Gasteiger partial charge in [0, 0.05) is 11.9 Å². The van der Waals surface area contributed by atoms with E-state index in [1.807, 2.05) is 97.1 Å². The average molecular weight is 1900 g/mol. The number of hydrogen-bond acceptors (Lipinski definition) is 4. The molecule has 8 aromatic rings. The molecule has 4 fully saturated rings. The fourth-order valence-corrected chi connectivity index (χ4v) is 16.1. The zero-order valence-corrected chi connectivity index (χ0v) is 80.7. The van der Waals surface area contributed by atoms with E-state index in [4.69, 9.17) is 20.6 Å². The molecule has 0 aromatic heterocycles. The maximum Gasteiger partial charge on any atom is 2.00 e. The van der Waals surface area contributed by atoms with Crippen LogP contribution in [-0.4, -0.2) is 100 Å². The van der Waals surface area contributed by atoms with Gasteiger partial charge in [0.2, 0.25) is 0 Å². The summed E-state index contributed by atoms with van der Waals surface area (Å²) in [5.74, 6) is 3.58. The van der Waals surface area contributed by atoms with Crippen LogP contribution in [0, 0.1) is 27.7 Å². The zero-order chi connectivity index (χ0) is 79.9. The summed E-state index contributed by atoms with van der Waals surface area (Å²) in [6.07, 6.45) is 24.9. The monoisotopic (exact) mass is 1900 g/mol. The molecule has 0 N–H and O–H groups in total. The van der Waals surface area contributed by atoms with E-state index in [2.05, 4.69) is 218 Å². The number of rotatable bonds is 16. The Morgan fingerprint density at radius 3 is 0.670 bits per heavy atom. The van der Waals surface area contributed by atoms with Crippen LogP contribution in [0.1, 0.15) is 341 Å². The van der Waals surface area contributed by atoms with Crippen molar-refractivity contribution in [3.05, 3.63) is 272 Å². The molecule has 0 amide bonds. The summed E-state index contributed by atoms with van der Waals surface area (Å²) in [7, 11) is 0. The third-order valence-corrected chi connectivity index (χ3v) is 22.3. The Hall–Kier alpha value is -5.94. The smallest absolute Gasteiger partial charge is 0.846 e. The first-order chi connectivity index (χ1) is 52.5. The molecule has 0 bridgehead atoms. The molecule has 0 spiro atoms. The van der Waals surface area contributed by atoms with Gasteiger partial charge in [0.25, 0.3) is 0 Å². The van der Waals surface area contributed by atoms with E-state index >= 15 is 0 Å². The standard InChI is InChI=1S/2C37H55N3O.4C7H8.2Pb/c2*1-25(2)30-21-15-22-31(26(3)4)34(30)38-36(39-35-32(27(5)6)23-16-24-33(35)37(7,8)41)40(28-17-11-9-12-18-28)29-19-13-10-14-20-29;4*1-7-5-3-2-4-6-7;;/h2*15-16,21-29H,9-14,17-20H2,1-8H3;4*2-6H,1H3;;/q2*-2;;;;;2*+2. The summed E-state index contributed by atoms with van der Waals surface area (Å²) in [5, 5.41) is 38.3.